The Balaban J connectivity index is 1.94. The Hall–Kier alpha value is -2.02. The zero-order chi connectivity index (χ0) is 13.7. The molecule has 2 rings (SSSR count). The molecular weight excluding hydrogens is 240 g/mol. The van der Waals surface area contributed by atoms with Gasteiger partial charge in [-0.15, -0.1) is 0 Å². The van der Waals surface area contributed by atoms with Crippen LogP contribution in [-0.4, -0.2) is 31.0 Å². The Kier molecular flexibility index (Phi) is 4.40. The molecule has 1 aromatic rings. The standard InChI is InChI=1S/C15H18N2O2/c1-19-14-6-4-12(5-7-14)9-15(18)17-8-2-3-13(10-16)11-17/h4-7,13H,2-3,8-9,11H2,1H3. The van der Waals surface area contributed by atoms with E-state index in [4.69, 9.17) is 10.00 Å². The predicted molar refractivity (Wildman–Crippen MR) is 71.6 cm³/mol. The summed E-state index contributed by atoms with van der Waals surface area (Å²) in [5.74, 6) is 0.886. The fourth-order valence-corrected chi connectivity index (χ4v) is 2.34. The van der Waals surface area contributed by atoms with E-state index in [1.165, 1.54) is 0 Å². The van der Waals surface area contributed by atoms with E-state index in [-0.39, 0.29) is 11.8 Å². The summed E-state index contributed by atoms with van der Waals surface area (Å²) in [6.07, 6.45) is 2.22. The van der Waals surface area contributed by atoms with Gasteiger partial charge in [-0.3, -0.25) is 4.79 Å². The molecule has 4 nitrogen and oxygen atoms in total. The second kappa shape index (κ2) is 6.24. The van der Waals surface area contributed by atoms with Crippen molar-refractivity contribution in [3.05, 3.63) is 29.8 Å². The lowest BCUT2D eigenvalue weighted by atomic mass is 9.99. The zero-order valence-electron chi connectivity index (χ0n) is 11.1. The Morgan fingerprint density at radius 1 is 1.47 bits per heavy atom. The summed E-state index contributed by atoms with van der Waals surface area (Å²) in [5.41, 5.74) is 0.977. The molecule has 0 aromatic heterocycles. The SMILES string of the molecule is COc1ccc(CC(=O)N2CCCC(C#N)C2)cc1. The van der Waals surface area contributed by atoms with Crippen LogP contribution in [0.4, 0.5) is 0 Å². The van der Waals surface area contributed by atoms with Crippen molar-refractivity contribution in [2.75, 3.05) is 20.2 Å². The number of hydrogen-bond donors (Lipinski definition) is 0. The maximum Gasteiger partial charge on any atom is 0.227 e. The topological polar surface area (TPSA) is 53.3 Å². The number of nitriles is 1. The lowest BCUT2D eigenvalue weighted by Crippen LogP contribution is -2.40. The molecule has 0 radical (unpaired) electrons. The second-order valence-electron chi connectivity index (χ2n) is 4.83. The van der Waals surface area contributed by atoms with Crippen molar-refractivity contribution in [1.29, 1.82) is 5.26 Å². The molecule has 0 bridgehead atoms. The Morgan fingerprint density at radius 3 is 2.84 bits per heavy atom. The van der Waals surface area contributed by atoms with Gasteiger partial charge in [0.25, 0.3) is 0 Å². The molecular formula is C15H18N2O2. The minimum absolute atomic E-state index is 0.00596. The van der Waals surface area contributed by atoms with E-state index in [1.54, 1.807) is 7.11 Å². The summed E-state index contributed by atoms with van der Waals surface area (Å²) < 4.78 is 5.09. The number of nitrogens with zero attached hydrogens (tertiary/aromatic N) is 2. The summed E-state index contributed by atoms with van der Waals surface area (Å²) in [6.45, 7) is 1.35. The van der Waals surface area contributed by atoms with Crippen molar-refractivity contribution in [3.63, 3.8) is 0 Å². The van der Waals surface area contributed by atoms with Gasteiger partial charge in [0.2, 0.25) is 5.91 Å². The van der Waals surface area contributed by atoms with Crippen LogP contribution in [0.2, 0.25) is 0 Å². The number of benzene rings is 1. The Morgan fingerprint density at radius 2 is 2.21 bits per heavy atom. The fraction of sp³-hybridized carbons (Fsp3) is 0.467. The van der Waals surface area contributed by atoms with Gasteiger partial charge in [0.05, 0.1) is 25.5 Å². The summed E-state index contributed by atoms with van der Waals surface area (Å²) in [6, 6.07) is 9.78. The van der Waals surface area contributed by atoms with Gasteiger partial charge in [0.15, 0.2) is 0 Å². The summed E-state index contributed by atoms with van der Waals surface area (Å²) in [7, 11) is 1.62. The fourth-order valence-electron chi connectivity index (χ4n) is 2.34. The van der Waals surface area contributed by atoms with Crippen LogP contribution in [0.15, 0.2) is 24.3 Å². The van der Waals surface area contributed by atoms with Crippen LogP contribution in [0.3, 0.4) is 0 Å². The molecule has 1 saturated heterocycles. The third-order valence-corrected chi connectivity index (χ3v) is 3.47. The van der Waals surface area contributed by atoms with Gasteiger partial charge in [-0.05, 0) is 30.5 Å². The third-order valence-electron chi connectivity index (χ3n) is 3.47. The first-order chi connectivity index (χ1) is 9.22. The number of carbonyl (C=O) groups is 1. The molecule has 1 fully saturated rings. The lowest BCUT2D eigenvalue weighted by Gasteiger charge is -2.29. The van der Waals surface area contributed by atoms with Crippen molar-refractivity contribution in [2.24, 2.45) is 5.92 Å². The number of piperidine rings is 1. The van der Waals surface area contributed by atoms with Crippen LogP contribution in [0.1, 0.15) is 18.4 Å². The van der Waals surface area contributed by atoms with Gasteiger partial charge < -0.3 is 9.64 Å². The van der Waals surface area contributed by atoms with Crippen molar-refractivity contribution in [3.8, 4) is 11.8 Å². The van der Waals surface area contributed by atoms with Crippen LogP contribution < -0.4 is 4.74 Å². The second-order valence-corrected chi connectivity index (χ2v) is 4.83. The first-order valence-electron chi connectivity index (χ1n) is 6.53. The largest absolute Gasteiger partial charge is 0.497 e. The molecule has 0 N–H and O–H groups in total. The molecule has 0 saturated carbocycles. The van der Waals surface area contributed by atoms with Crippen molar-refractivity contribution in [1.82, 2.24) is 4.90 Å². The van der Waals surface area contributed by atoms with Gasteiger partial charge in [-0.25, -0.2) is 0 Å². The monoisotopic (exact) mass is 258 g/mol. The molecule has 100 valence electrons. The maximum atomic E-state index is 12.2. The minimum Gasteiger partial charge on any atom is -0.497 e. The van der Waals surface area contributed by atoms with Crippen molar-refractivity contribution < 1.29 is 9.53 Å². The van der Waals surface area contributed by atoms with Gasteiger partial charge >= 0.3 is 0 Å². The Bertz CT molecular complexity index is 476. The molecule has 0 aliphatic carbocycles. The van der Waals surface area contributed by atoms with Crippen molar-refractivity contribution in [2.45, 2.75) is 19.3 Å². The van der Waals surface area contributed by atoms with Gasteiger partial charge in [0.1, 0.15) is 5.75 Å². The number of ether oxygens (including phenoxy) is 1. The van der Waals surface area contributed by atoms with E-state index >= 15 is 0 Å². The lowest BCUT2D eigenvalue weighted by molar-refractivity contribution is -0.131. The normalized spacial score (nSPS) is 18.7. The minimum atomic E-state index is -0.00596. The highest BCUT2D eigenvalue weighted by Crippen LogP contribution is 2.17. The summed E-state index contributed by atoms with van der Waals surface area (Å²) in [4.78, 5) is 14.0. The highest BCUT2D eigenvalue weighted by molar-refractivity contribution is 5.79. The molecule has 1 amide bonds. The Labute approximate surface area is 113 Å². The van der Waals surface area contributed by atoms with Gasteiger partial charge in [-0.1, -0.05) is 12.1 Å². The van der Waals surface area contributed by atoms with E-state index in [0.717, 1.165) is 30.7 Å². The highest BCUT2D eigenvalue weighted by atomic mass is 16.5. The quantitative estimate of drug-likeness (QED) is 0.833. The number of rotatable bonds is 3. The average molecular weight is 258 g/mol. The van der Waals surface area contributed by atoms with E-state index in [0.29, 0.717) is 13.0 Å². The highest BCUT2D eigenvalue weighted by Gasteiger charge is 2.23. The summed E-state index contributed by atoms with van der Waals surface area (Å²) >= 11 is 0. The van der Waals surface area contributed by atoms with Crippen LogP contribution in [-0.2, 0) is 11.2 Å². The number of carbonyl (C=O) groups excluding carboxylic acids is 1. The average Bonchev–Trinajstić information content (AvgIpc) is 2.48. The predicted octanol–water partition coefficient (Wildman–Crippen LogP) is 2.00. The van der Waals surface area contributed by atoms with Crippen LogP contribution in [0.25, 0.3) is 0 Å². The third kappa shape index (κ3) is 3.47. The number of amides is 1. The molecule has 1 unspecified atom stereocenters. The van der Waals surface area contributed by atoms with Gasteiger partial charge in [0, 0.05) is 13.1 Å². The first kappa shape index (κ1) is 13.4. The van der Waals surface area contributed by atoms with Crippen molar-refractivity contribution >= 4 is 5.91 Å². The van der Waals surface area contributed by atoms with E-state index in [2.05, 4.69) is 6.07 Å². The van der Waals surface area contributed by atoms with E-state index < -0.39 is 0 Å². The van der Waals surface area contributed by atoms with Crippen LogP contribution in [0.5, 0.6) is 5.75 Å². The van der Waals surface area contributed by atoms with Crippen LogP contribution in [0, 0.1) is 17.2 Å². The smallest absolute Gasteiger partial charge is 0.227 e. The van der Waals surface area contributed by atoms with E-state index in [1.807, 2.05) is 29.2 Å². The molecule has 4 heteroatoms. The molecule has 1 aliphatic heterocycles. The molecule has 1 atom stereocenters. The number of hydrogen-bond acceptors (Lipinski definition) is 3. The van der Waals surface area contributed by atoms with Gasteiger partial charge in [-0.2, -0.15) is 5.26 Å². The summed E-state index contributed by atoms with van der Waals surface area (Å²) in [5, 5.41) is 8.94. The molecule has 1 heterocycles. The van der Waals surface area contributed by atoms with E-state index in [9.17, 15) is 4.79 Å². The molecule has 0 spiro atoms. The zero-order valence-corrected chi connectivity index (χ0v) is 11.1. The molecule has 19 heavy (non-hydrogen) atoms. The molecule has 1 aromatic carbocycles. The maximum absolute atomic E-state index is 12.2. The number of likely N-dealkylation sites (tertiary alicyclic amines) is 1. The first-order valence-corrected chi connectivity index (χ1v) is 6.53. The molecule has 1 aliphatic rings. The van der Waals surface area contributed by atoms with Crippen LogP contribution >= 0.6 is 0 Å². The number of methoxy groups -OCH3 is 1.